The van der Waals surface area contributed by atoms with Crippen LogP contribution in [0.2, 0.25) is 0 Å². The van der Waals surface area contributed by atoms with Crippen molar-refractivity contribution in [2.45, 2.75) is 25.7 Å². The second-order valence-corrected chi connectivity index (χ2v) is 5.75. The Kier molecular flexibility index (Phi) is 4.88. The molecule has 24 heavy (non-hydrogen) atoms. The number of hydrogen-bond donors (Lipinski definition) is 0. The second-order valence-electron chi connectivity index (χ2n) is 5.75. The normalized spacial score (nSPS) is 17.7. The first-order valence-electron chi connectivity index (χ1n) is 8.05. The van der Waals surface area contributed by atoms with E-state index in [0.717, 1.165) is 12.8 Å². The summed E-state index contributed by atoms with van der Waals surface area (Å²) in [7, 11) is 0. The molecule has 0 radical (unpaired) electrons. The quantitative estimate of drug-likeness (QED) is 0.781. The SMILES string of the molecule is O=C(OCC(=O)N1CCCC1)C1=NN(c2ccccc2)C(=O)CC1. The Balaban J connectivity index is 1.63. The molecular weight excluding hydrogens is 310 g/mol. The van der Waals surface area contributed by atoms with E-state index < -0.39 is 5.97 Å². The number of nitrogens with zero attached hydrogens (tertiary/aromatic N) is 3. The van der Waals surface area contributed by atoms with E-state index in [-0.39, 0.29) is 37.0 Å². The lowest BCUT2D eigenvalue weighted by Gasteiger charge is -2.23. The van der Waals surface area contributed by atoms with E-state index in [1.54, 1.807) is 29.2 Å². The van der Waals surface area contributed by atoms with E-state index in [4.69, 9.17) is 4.74 Å². The monoisotopic (exact) mass is 329 g/mol. The van der Waals surface area contributed by atoms with Crippen molar-refractivity contribution in [2.24, 2.45) is 5.10 Å². The van der Waals surface area contributed by atoms with Crippen molar-refractivity contribution >= 4 is 29.2 Å². The van der Waals surface area contributed by atoms with Crippen molar-refractivity contribution in [2.75, 3.05) is 24.7 Å². The number of likely N-dealkylation sites (tertiary alicyclic amines) is 1. The Morgan fingerprint density at radius 2 is 1.79 bits per heavy atom. The number of hydrazone groups is 1. The minimum absolute atomic E-state index is 0.160. The molecule has 0 aliphatic carbocycles. The minimum Gasteiger partial charge on any atom is -0.451 e. The van der Waals surface area contributed by atoms with Crippen LogP contribution < -0.4 is 5.01 Å². The summed E-state index contributed by atoms with van der Waals surface area (Å²) in [4.78, 5) is 37.8. The first-order chi connectivity index (χ1) is 11.6. The van der Waals surface area contributed by atoms with Crippen LogP contribution in [0.25, 0.3) is 0 Å². The summed E-state index contributed by atoms with van der Waals surface area (Å²) in [6.45, 7) is 1.15. The summed E-state index contributed by atoms with van der Waals surface area (Å²) < 4.78 is 5.08. The van der Waals surface area contributed by atoms with Crippen LogP contribution in [0.3, 0.4) is 0 Å². The number of carbonyl (C=O) groups excluding carboxylic acids is 3. The third-order valence-electron chi connectivity index (χ3n) is 4.05. The lowest BCUT2D eigenvalue weighted by atomic mass is 10.1. The van der Waals surface area contributed by atoms with Crippen LogP contribution in [-0.4, -0.2) is 48.1 Å². The zero-order valence-corrected chi connectivity index (χ0v) is 13.3. The maximum absolute atomic E-state index is 12.1. The van der Waals surface area contributed by atoms with Crippen LogP contribution in [-0.2, 0) is 19.1 Å². The van der Waals surface area contributed by atoms with E-state index in [1.165, 1.54) is 5.01 Å². The van der Waals surface area contributed by atoms with Crippen LogP contribution >= 0.6 is 0 Å². The summed E-state index contributed by atoms with van der Waals surface area (Å²) in [6, 6.07) is 8.90. The molecule has 1 saturated heterocycles. The summed E-state index contributed by atoms with van der Waals surface area (Å²) in [5, 5.41) is 5.32. The van der Waals surface area contributed by atoms with Gasteiger partial charge in [0.15, 0.2) is 6.61 Å². The lowest BCUT2D eigenvalue weighted by molar-refractivity contribution is -0.146. The molecule has 3 rings (SSSR count). The van der Waals surface area contributed by atoms with Gasteiger partial charge in [0.2, 0.25) is 5.91 Å². The van der Waals surface area contributed by atoms with Gasteiger partial charge in [-0.25, -0.2) is 9.80 Å². The van der Waals surface area contributed by atoms with Crippen molar-refractivity contribution in [3.8, 4) is 0 Å². The largest absolute Gasteiger partial charge is 0.451 e. The van der Waals surface area contributed by atoms with Crippen LogP contribution in [0.1, 0.15) is 25.7 Å². The van der Waals surface area contributed by atoms with Crippen LogP contribution in [0.15, 0.2) is 35.4 Å². The number of amides is 2. The van der Waals surface area contributed by atoms with Crippen molar-refractivity contribution in [3.63, 3.8) is 0 Å². The topological polar surface area (TPSA) is 79.3 Å². The number of para-hydroxylation sites is 1. The fraction of sp³-hybridized carbons (Fsp3) is 0.412. The predicted octanol–water partition coefficient (Wildman–Crippen LogP) is 1.33. The zero-order chi connectivity index (χ0) is 16.9. The summed E-state index contributed by atoms with van der Waals surface area (Å²) in [5.74, 6) is -1.00. The molecule has 0 spiro atoms. The van der Waals surface area contributed by atoms with Gasteiger partial charge < -0.3 is 9.64 Å². The smallest absolute Gasteiger partial charge is 0.355 e. The third kappa shape index (κ3) is 3.61. The molecule has 7 nitrogen and oxygen atoms in total. The summed E-state index contributed by atoms with van der Waals surface area (Å²) >= 11 is 0. The van der Waals surface area contributed by atoms with Gasteiger partial charge in [0.05, 0.1) is 5.69 Å². The van der Waals surface area contributed by atoms with E-state index in [1.807, 2.05) is 6.07 Å². The number of rotatable bonds is 4. The third-order valence-corrected chi connectivity index (χ3v) is 4.05. The maximum atomic E-state index is 12.1. The van der Waals surface area contributed by atoms with Crippen molar-refractivity contribution in [1.82, 2.24) is 4.90 Å². The van der Waals surface area contributed by atoms with Gasteiger partial charge in [-0.15, -0.1) is 0 Å². The molecule has 0 aromatic heterocycles. The number of benzene rings is 1. The van der Waals surface area contributed by atoms with E-state index >= 15 is 0 Å². The van der Waals surface area contributed by atoms with Gasteiger partial charge in [-0.3, -0.25) is 9.59 Å². The molecule has 0 saturated carbocycles. The van der Waals surface area contributed by atoms with Gasteiger partial charge in [0, 0.05) is 25.9 Å². The number of carbonyl (C=O) groups is 3. The molecule has 1 aromatic rings. The Morgan fingerprint density at radius 3 is 2.50 bits per heavy atom. The summed E-state index contributed by atoms with van der Waals surface area (Å²) in [5.41, 5.74) is 0.758. The van der Waals surface area contributed by atoms with E-state index in [0.29, 0.717) is 18.8 Å². The first-order valence-corrected chi connectivity index (χ1v) is 8.05. The molecule has 2 aliphatic rings. The van der Waals surface area contributed by atoms with Gasteiger partial charge in [-0.2, -0.15) is 5.10 Å². The molecule has 2 aliphatic heterocycles. The predicted molar refractivity (Wildman–Crippen MR) is 87.4 cm³/mol. The molecule has 1 aromatic carbocycles. The standard InChI is InChI=1S/C17H19N3O4/c21-15-9-8-14(18-20(15)13-6-2-1-3-7-13)17(23)24-12-16(22)19-10-4-5-11-19/h1-3,6-7H,4-5,8-12H2. The van der Waals surface area contributed by atoms with Gasteiger partial charge in [-0.1, -0.05) is 18.2 Å². The molecule has 0 N–H and O–H groups in total. The minimum atomic E-state index is -0.643. The lowest BCUT2D eigenvalue weighted by Crippen LogP contribution is -2.37. The number of esters is 1. The number of anilines is 1. The van der Waals surface area contributed by atoms with Gasteiger partial charge >= 0.3 is 5.97 Å². The number of hydrogen-bond acceptors (Lipinski definition) is 5. The molecule has 7 heteroatoms. The van der Waals surface area contributed by atoms with Gasteiger partial charge in [0.1, 0.15) is 5.71 Å². The van der Waals surface area contributed by atoms with E-state index in [9.17, 15) is 14.4 Å². The van der Waals surface area contributed by atoms with Gasteiger partial charge in [-0.05, 0) is 25.0 Å². The van der Waals surface area contributed by atoms with Crippen LogP contribution in [0.4, 0.5) is 5.69 Å². The zero-order valence-electron chi connectivity index (χ0n) is 13.3. The Bertz CT molecular complexity index is 666. The molecule has 0 bridgehead atoms. The fourth-order valence-electron chi connectivity index (χ4n) is 2.74. The highest BCUT2D eigenvalue weighted by molar-refractivity contribution is 6.38. The molecule has 0 unspecified atom stereocenters. The number of ether oxygens (including phenoxy) is 1. The van der Waals surface area contributed by atoms with Crippen molar-refractivity contribution < 1.29 is 19.1 Å². The Labute approximate surface area is 139 Å². The van der Waals surface area contributed by atoms with Crippen LogP contribution in [0, 0.1) is 0 Å². The Morgan fingerprint density at radius 1 is 1.08 bits per heavy atom. The molecular formula is C17H19N3O4. The molecule has 1 fully saturated rings. The van der Waals surface area contributed by atoms with Crippen LogP contribution in [0.5, 0.6) is 0 Å². The van der Waals surface area contributed by atoms with Crippen molar-refractivity contribution in [1.29, 1.82) is 0 Å². The van der Waals surface area contributed by atoms with Gasteiger partial charge in [0.25, 0.3) is 5.91 Å². The highest BCUT2D eigenvalue weighted by Gasteiger charge is 2.27. The summed E-state index contributed by atoms with van der Waals surface area (Å²) in [6.07, 6.45) is 2.38. The average molecular weight is 329 g/mol. The fourth-order valence-corrected chi connectivity index (χ4v) is 2.74. The van der Waals surface area contributed by atoms with E-state index in [2.05, 4.69) is 5.10 Å². The van der Waals surface area contributed by atoms with Crippen molar-refractivity contribution in [3.05, 3.63) is 30.3 Å². The average Bonchev–Trinajstić information content (AvgIpc) is 3.15. The second kappa shape index (κ2) is 7.25. The Hall–Kier alpha value is -2.70. The highest BCUT2D eigenvalue weighted by Crippen LogP contribution is 2.20. The highest BCUT2D eigenvalue weighted by atomic mass is 16.5. The maximum Gasteiger partial charge on any atom is 0.355 e. The molecule has 126 valence electrons. The molecule has 2 amide bonds. The first kappa shape index (κ1) is 16.2. The molecule has 0 atom stereocenters. The molecule has 2 heterocycles.